The molecular formula is C25H23FN8O4. The van der Waals surface area contributed by atoms with Gasteiger partial charge in [0.2, 0.25) is 0 Å². The minimum absolute atomic E-state index is 0.0880. The van der Waals surface area contributed by atoms with Gasteiger partial charge in [0.25, 0.3) is 5.91 Å². The number of nitrogens with one attached hydrogen (secondary N) is 3. The first-order valence-corrected chi connectivity index (χ1v) is 11.3. The number of carbonyl (C=O) groups is 2. The van der Waals surface area contributed by atoms with Gasteiger partial charge in [-0.1, -0.05) is 0 Å². The van der Waals surface area contributed by atoms with Gasteiger partial charge in [0, 0.05) is 6.20 Å². The summed E-state index contributed by atoms with van der Waals surface area (Å²) in [5.74, 6) is -0.521. The summed E-state index contributed by atoms with van der Waals surface area (Å²) < 4.78 is 15.8. The highest BCUT2D eigenvalue weighted by Crippen LogP contribution is 2.28. The topological polar surface area (TPSA) is 178 Å². The molecule has 38 heavy (non-hydrogen) atoms. The lowest BCUT2D eigenvalue weighted by atomic mass is 10.0. The summed E-state index contributed by atoms with van der Waals surface area (Å²) >= 11 is 0. The van der Waals surface area contributed by atoms with E-state index in [1.807, 2.05) is 6.07 Å². The summed E-state index contributed by atoms with van der Waals surface area (Å²) in [7, 11) is 0. The Labute approximate surface area is 215 Å². The number of aliphatic hydroxyl groups is 1. The van der Waals surface area contributed by atoms with Crippen molar-refractivity contribution in [2.45, 2.75) is 25.6 Å². The SMILES string of the molecule is CC(C)(O)[C@H](F)CNC(=O)c1cnc(-c2ccc3cc(C#N)cnn23)cc1Nc1ccc(NC(=O)O)nc1. The molecule has 1 atom stereocenters. The maximum absolute atomic E-state index is 14.2. The Morgan fingerprint density at radius 2 is 1.95 bits per heavy atom. The second kappa shape index (κ2) is 10.5. The van der Waals surface area contributed by atoms with Gasteiger partial charge in [0.1, 0.15) is 18.1 Å². The van der Waals surface area contributed by atoms with Crippen LogP contribution in [0.25, 0.3) is 16.9 Å². The van der Waals surface area contributed by atoms with Crippen LogP contribution in [0.15, 0.2) is 55.0 Å². The number of aromatic nitrogens is 4. The maximum Gasteiger partial charge on any atom is 0.410 e. The number of alkyl halides is 1. The molecule has 13 heteroatoms. The molecule has 0 aromatic carbocycles. The van der Waals surface area contributed by atoms with Gasteiger partial charge in [-0.05, 0) is 50.2 Å². The van der Waals surface area contributed by atoms with Crippen LogP contribution in [0.5, 0.6) is 0 Å². The number of nitriles is 1. The smallest absolute Gasteiger partial charge is 0.410 e. The van der Waals surface area contributed by atoms with E-state index in [1.165, 1.54) is 38.5 Å². The van der Waals surface area contributed by atoms with Crippen LogP contribution in [0.1, 0.15) is 29.8 Å². The Kier molecular flexibility index (Phi) is 7.17. The van der Waals surface area contributed by atoms with Crippen molar-refractivity contribution in [3.63, 3.8) is 0 Å². The van der Waals surface area contributed by atoms with Crippen LogP contribution in [-0.2, 0) is 0 Å². The van der Waals surface area contributed by atoms with Gasteiger partial charge < -0.3 is 20.8 Å². The third-order valence-electron chi connectivity index (χ3n) is 5.53. The van der Waals surface area contributed by atoms with Gasteiger partial charge in [0.05, 0.1) is 63.9 Å². The molecular weight excluding hydrogens is 495 g/mol. The molecule has 194 valence electrons. The van der Waals surface area contributed by atoms with E-state index >= 15 is 0 Å². The van der Waals surface area contributed by atoms with Crippen molar-refractivity contribution in [1.29, 1.82) is 5.26 Å². The first-order chi connectivity index (χ1) is 18.0. The molecule has 4 aromatic heterocycles. The zero-order valence-corrected chi connectivity index (χ0v) is 20.3. The minimum atomic E-state index is -1.70. The molecule has 0 aliphatic heterocycles. The average molecular weight is 519 g/mol. The molecule has 0 saturated heterocycles. The van der Waals surface area contributed by atoms with Crippen molar-refractivity contribution in [1.82, 2.24) is 24.9 Å². The van der Waals surface area contributed by atoms with E-state index < -0.39 is 30.3 Å². The number of amides is 2. The first-order valence-electron chi connectivity index (χ1n) is 11.3. The molecule has 0 bridgehead atoms. The molecule has 0 aliphatic rings. The van der Waals surface area contributed by atoms with Crippen molar-refractivity contribution < 1.29 is 24.2 Å². The second-order valence-corrected chi connectivity index (χ2v) is 8.84. The van der Waals surface area contributed by atoms with Crippen molar-refractivity contribution in [3.8, 4) is 17.5 Å². The van der Waals surface area contributed by atoms with Gasteiger partial charge in [-0.15, -0.1) is 0 Å². The number of hydrogen-bond donors (Lipinski definition) is 5. The Morgan fingerprint density at radius 1 is 1.16 bits per heavy atom. The Hall–Kier alpha value is -5.09. The number of carbonyl (C=O) groups excluding carboxylic acids is 1. The Bertz CT molecular complexity index is 1540. The molecule has 0 spiro atoms. The number of nitrogens with zero attached hydrogens (tertiary/aromatic N) is 5. The molecule has 4 heterocycles. The second-order valence-electron chi connectivity index (χ2n) is 8.84. The van der Waals surface area contributed by atoms with E-state index in [1.54, 1.807) is 34.8 Å². The molecule has 4 aromatic rings. The lowest BCUT2D eigenvalue weighted by Crippen LogP contribution is -2.42. The number of rotatable bonds is 8. The number of anilines is 3. The summed E-state index contributed by atoms with van der Waals surface area (Å²) in [6.07, 6.45) is 1.15. The number of pyridine rings is 2. The number of fused-ring (bicyclic) bond motifs is 1. The number of hydrogen-bond acceptors (Lipinski definition) is 8. The molecule has 0 radical (unpaired) electrons. The summed E-state index contributed by atoms with van der Waals surface area (Å²) in [6, 6.07) is 11.8. The molecule has 4 rings (SSSR count). The van der Waals surface area contributed by atoms with Crippen molar-refractivity contribution in [3.05, 3.63) is 66.1 Å². The Morgan fingerprint density at radius 3 is 2.61 bits per heavy atom. The quantitative estimate of drug-likeness (QED) is 0.234. The Balaban J connectivity index is 1.69. The van der Waals surface area contributed by atoms with Gasteiger partial charge >= 0.3 is 6.09 Å². The van der Waals surface area contributed by atoms with E-state index in [-0.39, 0.29) is 11.4 Å². The zero-order chi connectivity index (χ0) is 27.4. The van der Waals surface area contributed by atoms with E-state index in [9.17, 15) is 19.1 Å². The number of halogens is 1. The number of carboxylic acid groups (broad SMARTS) is 1. The summed E-state index contributed by atoms with van der Waals surface area (Å²) in [6.45, 7) is 2.19. The fraction of sp³-hybridized carbons (Fsp3) is 0.200. The third kappa shape index (κ3) is 5.82. The zero-order valence-electron chi connectivity index (χ0n) is 20.3. The monoisotopic (exact) mass is 518 g/mol. The molecule has 0 aliphatic carbocycles. The predicted octanol–water partition coefficient (Wildman–Crippen LogP) is 3.34. The normalized spacial score (nSPS) is 12.0. The van der Waals surface area contributed by atoms with Crippen LogP contribution in [0, 0.1) is 11.3 Å². The van der Waals surface area contributed by atoms with E-state index in [2.05, 4.69) is 31.0 Å². The molecule has 5 N–H and O–H groups in total. The van der Waals surface area contributed by atoms with E-state index in [0.29, 0.717) is 33.8 Å². The van der Waals surface area contributed by atoms with Crippen molar-refractivity contribution in [2.75, 3.05) is 17.2 Å². The third-order valence-corrected chi connectivity index (χ3v) is 5.53. The molecule has 0 saturated carbocycles. The molecule has 0 fully saturated rings. The minimum Gasteiger partial charge on any atom is -0.465 e. The molecule has 2 amide bonds. The van der Waals surface area contributed by atoms with Crippen LogP contribution in [0.4, 0.5) is 26.4 Å². The van der Waals surface area contributed by atoms with Gasteiger partial charge in [0.15, 0.2) is 0 Å². The average Bonchev–Trinajstić information content (AvgIpc) is 3.30. The standard InChI is InChI=1S/C25H23FN8O4/c1-25(2,38)21(26)13-30-23(35)17-12-28-19(20-5-4-16-7-14(9-27)10-31-34(16)20)8-18(17)32-15-3-6-22(29-11-15)33-24(36)37/h3-8,10-12,21,38H,13H2,1-2H3,(H,28,32)(H,29,33)(H,30,35)(H,36,37)/t21-/m1/s1. The van der Waals surface area contributed by atoms with Crippen molar-refractivity contribution >= 4 is 34.7 Å². The van der Waals surface area contributed by atoms with E-state index in [0.717, 1.165) is 0 Å². The van der Waals surface area contributed by atoms with Crippen LogP contribution in [0.3, 0.4) is 0 Å². The van der Waals surface area contributed by atoms with E-state index in [4.69, 9.17) is 10.4 Å². The lowest BCUT2D eigenvalue weighted by molar-refractivity contribution is -0.00177. The fourth-order valence-corrected chi connectivity index (χ4v) is 3.47. The highest BCUT2D eigenvalue weighted by atomic mass is 19.1. The van der Waals surface area contributed by atoms with Crippen molar-refractivity contribution in [2.24, 2.45) is 0 Å². The maximum atomic E-state index is 14.2. The van der Waals surface area contributed by atoms with Gasteiger partial charge in [-0.25, -0.2) is 18.7 Å². The summed E-state index contributed by atoms with van der Waals surface area (Å²) in [4.78, 5) is 32.2. The summed E-state index contributed by atoms with van der Waals surface area (Å²) in [5, 5.41) is 39.8. The van der Waals surface area contributed by atoms with Crippen LogP contribution < -0.4 is 16.0 Å². The highest BCUT2D eigenvalue weighted by molar-refractivity contribution is 6.00. The van der Waals surface area contributed by atoms with Crippen LogP contribution in [0.2, 0.25) is 0 Å². The van der Waals surface area contributed by atoms with Gasteiger partial charge in [-0.2, -0.15) is 10.4 Å². The van der Waals surface area contributed by atoms with Crippen LogP contribution in [-0.4, -0.2) is 60.1 Å². The first kappa shape index (κ1) is 26.0. The summed E-state index contributed by atoms with van der Waals surface area (Å²) in [5.41, 5.74) is 1.29. The molecule has 0 unspecified atom stereocenters. The lowest BCUT2D eigenvalue weighted by Gasteiger charge is -2.22. The predicted molar refractivity (Wildman–Crippen MR) is 136 cm³/mol. The highest BCUT2D eigenvalue weighted by Gasteiger charge is 2.27. The fourth-order valence-electron chi connectivity index (χ4n) is 3.47. The largest absolute Gasteiger partial charge is 0.465 e. The van der Waals surface area contributed by atoms with Crippen LogP contribution >= 0.6 is 0 Å². The van der Waals surface area contributed by atoms with Gasteiger partial charge in [-0.3, -0.25) is 15.1 Å². The molecule has 12 nitrogen and oxygen atoms in total.